The lowest BCUT2D eigenvalue weighted by Crippen LogP contribution is -2.39. The molecule has 0 bridgehead atoms. The van der Waals surface area contributed by atoms with Crippen LogP contribution in [0.25, 0.3) is 28.2 Å². The number of hydrogen-bond donors (Lipinski definition) is 0. The molecule has 0 fully saturated rings. The molecule has 0 atom stereocenters. The van der Waals surface area contributed by atoms with E-state index in [0.717, 1.165) is 56.6 Å². The first kappa shape index (κ1) is 33.5. The number of fused-ring (bicyclic) bond motifs is 1. The number of benzene rings is 5. The largest absolute Gasteiger partial charge is 0.466 e. The van der Waals surface area contributed by atoms with Crippen molar-refractivity contribution in [1.82, 2.24) is 39.6 Å². The second kappa shape index (κ2) is 14.5. The molecule has 0 saturated carbocycles. The topological polar surface area (TPSA) is 105 Å². The zero-order valence-corrected chi connectivity index (χ0v) is 29.6. The first-order valence-electron chi connectivity index (χ1n) is 17.8. The van der Waals surface area contributed by atoms with Crippen molar-refractivity contribution < 1.29 is 9.53 Å². The summed E-state index contributed by atoms with van der Waals surface area (Å²) in [4.78, 5) is 12.5. The van der Waals surface area contributed by atoms with E-state index >= 15 is 0 Å². The maximum atomic E-state index is 12.5. The SMILES string of the molecule is CCOC(=O)Cc1nn2ncc(CC)c2n1Cc1ccc(-c2ccccc2-c2nnnn2C(c2ccccc2)(c2ccccc2)c2ccccc2)cc1. The van der Waals surface area contributed by atoms with Crippen LogP contribution in [0.1, 0.15) is 47.5 Å². The van der Waals surface area contributed by atoms with Gasteiger partial charge in [0, 0.05) is 11.1 Å². The van der Waals surface area contributed by atoms with Crippen LogP contribution in [0, 0.1) is 0 Å². The highest BCUT2D eigenvalue weighted by Crippen LogP contribution is 2.43. The molecule has 0 aliphatic rings. The fraction of sp³-hybridized carbons (Fsp3) is 0.163. The third-order valence-corrected chi connectivity index (χ3v) is 9.70. The Morgan fingerprint density at radius 2 is 1.30 bits per heavy atom. The number of hydrogen-bond acceptors (Lipinski definition) is 7. The maximum Gasteiger partial charge on any atom is 0.313 e. The third-order valence-electron chi connectivity index (χ3n) is 9.70. The van der Waals surface area contributed by atoms with Crippen LogP contribution >= 0.6 is 0 Å². The van der Waals surface area contributed by atoms with E-state index < -0.39 is 5.54 Å². The van der Waals surface area contributed by atoms with Crippen LogP contribution in [0.4, 0.5) is 0 Å². The van der Waals surface area contributed by atoms with Gasteiger partial charge in [-0.1, -0.05) is 146 Å². The highest BCUT2D eigenvalue weighted by Gasteiger charge is 2.42. The van der Waals surface area contributed by atoms with Crippen LogP contribution in [-0.4, -0.2) is 52.2 Å². The summed E-state index contributed by atoms with van der Waals surface area (Å²) in [6.45, 7) is 4.73. The minimum atomic E-state index is -0.873. The molecule has 5 aromatic carbocycles. The molecular weight excluding hydrogens is 661 g/mol. The molecule has 10 heteroatoms. The molecular formula is C43H38N8O2. The van der Waals surface area contributed by atoms with E-state index in [2.05, 4.69) is 136 Å². The number of aryl methyl sites for hydroxylation is 1. The number of aromatic nitrogens is 8. The summed E-state index contributed by atoms with van der Waals surface area (Å²) in [5, 5.41) is 22.9. The Morgan fingerprint density at radius 3 is 1.89 bits per heavy atom. The van der Waals surface area contributed by atoms with Gasteiger partial charge >= 0.3 is 5.97 Å². The van der Waals surface area contributed by atoms with E-state index in [9.17, 15) is 4.79 Å². The zero-order valence-electron chi connectivity index (χ0n) is 29.6. The van der Waals surface area contributed by atoms with Crippen LogP contribution in [0.2, 0.25) is 0 Å². The predicted molar refractivity (Wildman–Crippen MR) is 203 cm³/mol. The van der Waals surface area contributed by atoms with Crippen LogP contribution in [0.15, 0.2) is 146 Å². The first-order chi connectivity index (χ1) is 26.1. The lowest BCUT2D eigenvalue weighted by Gasteiger charge is -2.36. The standard InChI is InChI=1S/C43H38N8O2/c1-3-32-29-44-51-42(32)49(39(46-51)28-40(52)53-4-2)30-31-24-26-33(27-25-31)37-22-14-15-23-38(37)41-45-47-48-50(41)43(34-16-8-5-9-17-34,35-18-10-6-11-19-35)36-20-12-7-13-21-36/h5-27,29H,3-4,28,30H2,1-2H3. The van der Waals surface area contributed by atoms with Crippen LogP contribution in [0.3, 0.4) is 0 Å². The molecule has 0 N–H and O–H groups in total. The van der Waals surface area contributed by atoms with Gasteiger partial charge in [0.1, 0.15) is 17.8 Å². The highest BCUT2D eigenvalue weighted by molar-refractivity contribution is 5.81. The molecule has 0 amide bonds. The molecule has 0 radical (unpaired) electrons. The van der Waals surface area contributed by atoms with Crippen LogP contribution in [-0.2, 0) is 34.5 Å². The summed E-state index contributed by atoms with van der Waals surface area (Å²) in [6.07, 6.45) is 2.70. The average molecular weight is 699 g/mol. The molecule has 10 nitrogen and oxygen atoms in total. The Balaban J connectivity index is 1.22. The Hall–Kier alpha value is -6.68. The van der Waals surface area contributed by atoms with Gasteiger partial charge in [-0.3, -0.25) is 4.79 Å². The summed E-state index contributed by atoms with van der Waals surface area (Å²) in [5.74, 6) is 0.935. The fourth-order valence-corrected chi connectivity index (χ4v) is 7.28. The van der Waals surface area contributed by atoms with Gasteiger partial charge in [0.15, 0.2) is 11.5 Å². The Morgan fingerprint density at radius 1 is 0.717 bits per heavy atom. The highest BCUT2D eigenvalue weighted by atomic mass is 16.5. The van der Waals surface area contributed by atoms with E-state index in [-0.39, 0.29) is 12.4 Å². The lowest BCUT2D eigenvalue weighted by molar-refractivity contribution is -0.142. The summed E-state index contributed by atoms with van der Waals surface area (Å²) in [6, 6.07) is 47.9. The molecule has 8 aromatic rings. The molecule has 0 unspecified atom stereocenters. The van der Waals surface area contributed by atoms with Crippen LogP contribution < -0.4 is 0 Å². The quantitative estimate of drug-likeness (QED) is 0.0967. The van der Waals surface area contributed by atoms with Crippen molar-refractivity contribution in [2.24, 2.45) is 0 Å². The molecule has 0 spiro atoms. The number of esters is 1. The van der Waals surface area contributed by atoms with Gasteiger partial charge < -0.3 is 9.30 Å². The number of nitrogens with zero attached hydrogens (tertiary/aromatic N) is 8. The summed E-state index contributed by atoms with van der Waals surface area (Å²) in [5.41, 5.74) is 8.15. The molecule has 0 aliphatic carbocycles. The number of tetrazole rings is 1. The zero-order chi connectivity index (χ0) is 36.2. The second-order valence-electron chi connectivity index (χ2n) is 12.8. The number of ether oxygens (including phenoxy) is 1. The van der Waals surface area contributed by atoms with Crippen molar-refractivity contribution in [2.45, 2.75) is 38.8 Å². The Labute approximate surface area is 307 Å². The fourth-order valence-electron chi connectivity index (χ4n) is 7.28. The van der Waals surface area contributed by atoms with Gasteiger partial charge in [-0.2, -0.15) is 5.10 Å². The van der Waals surface area contributed by atoms with Crippen molar-refractivity contribution in [2.75, 3.05) is 6.61 Å². The first-order valence-corrected chi connectivity index (χ1v) is 17.8. The van der Waals surface area contributed by atoms with Crippen molar-refractivity contribution in [3.63, 3.8) is 0 Å². The number of rotatable bonds is 12. The van der Waals surface area contributed by atoms with E-state index in [1.807, 2.05) is 41.2 Å². The van der Waals surface area contributed by atoms with Gasteiger partial charge in [-0.15, -0.1) is 14.8 Å². The number of carbonyl (C=O) groups excluding carboxylic acids is 1. The maximum absolute atomic E-state index is 12.5. The monoisotopic (exact) mass is 698 g/mol. The van der Waals surface area contributed by atoms with E-state index in [1.165, 1.54) is 0 Å². The molecule has 53 heavy (non-hydrogen) atoms. The van der Waals surface area contributed by atoms with Gasteiger partial charge in [0.05, 0.1) is 19.3 Å². The normalized spacial score (nSPS) is 11.6. The second-order valence-corrected chi connectivity index (χ2v) is 12.8. The minimum Gasteiger partial charge on any atom is -0.466 e. The van der Waals surface area contributed by atoms with Crippen molar-refractivity contribution >= 4 is 11.6 Å². The smallest absolute Gasteiger partial charge is 0.313 e. The van der Waals surface area contributed by atoms with Crippen molar-refractivity contribution in [3.8, 4) is 22.5 Å². The average Bonchev–Trinajstić information content (AvgIpc) is 3.94. The third kappa shape index (κ3) is 6.08. The molecule has 8 rings (SSSR count). The number of carbonyl (C=O) groups is 1. The van der Waals surface area contributed by atoms with Crippen LogP contribution in [0.5, 0.6) is 0 Å². The lowest BCUT2D eigenvalue weighted by atomic mass is 9.77. The predicted octanol–water partition coefficient (Wildman–Crippen LogP) is 7.41. The van der Waals surface area contributed by atoms with Gasteiger partial charge in [-0.05, 0) is 57.2 Å². The molecule has 0 aliphatic heterocycles. The molecule has 262 valence electrons. The van der Waals surface area contributed by atoms with Gasteiger partial charge in [0.2, 0.25) is 0 Å². The Bertz CT molecular complexity index is 2370. The minimum absolute atomic E-state index is 0.0664. The summed E-state index contributed by atoms with van der Waals surface area (Å²) >= 11 is 0. The molecule has 3 heterocycles. The van der Waals surface area contributed by atoms with E-state index in [0.29, 0.717) is 24.8 Å². The van der Waals surface area contributed by atoms with Crippen molar-refractivity contribution in [1.29, 1.82) is 0 Å². The molecule has 0 saturated heterocycles. The molecule has 3 aromatic heterocycles. The van der Waals surface area contributed by atoms with Gasteiger partial charge in [-0.25, -0.2) is 4.68 Å². The Kier molecular flexibility index (Phi) is 9.16. The van der Waals surface area contributed by atoms with Gasteiger partial charge in [0.25, 0.3) is 0 Å². The van der Waals surface area contributed by atoms with E-state index in [1.54, 1.807) is 11.6 Å². The van der Waals surface area contributed by atoms with Crippen molar-refractivity contribution in [3.05, 3.63) is 179 Å². The summed E-state index contributed by atoms with van der Waals surface area (Å²) in [7, 11) is 0. The van der Waals surface area contributed by atoms with E-state index in [4.69, 9.17) is 15.0 Å². The summed E-state index contributed by atoms with van der Waals surface area (Å²) < 4.78 is 10.9.